The second-order valence-electron chi connectivity index (χ2n) is 4.98. The number of cyclic esters (lactones) is 1. The molecule has 0 aliphatic carbocycles. The van der Waals surface area contributed by atoms with E-state index in [0.717, 1.165) is 22.4 Å². The number of esters is 1. The predicted molar refractivity (Wildman–Crippen MR) is 84.8 cm³/mol. The van der Waals surface area contributed by atoms with Crippen LogP contribution in [0.5, 0.6) is 5.75 Å². The maximum absolute atomic E-state index is 11.9. The Morgan fingerprint density at radius 1 is 1.14 bits per heavy atom. The SMILES string of the molecule is COc1ccc(C=C2N=C(c3cccc(C)c3)OC2=O)cc1. The Morgan fingerprint density at radius 3 is 2.59 bits per heavy atom. The lowest BCUT2D eigenvalue weighted by Crippen LogP contribution is -2.05. The van der Waals surface area contributed by atoms with Crippen LogP contribution in [-0.2, 0) is 9.53 Å². The van der Waals surface area contributed by atoms with Gasteiger partial charge < -0.3 is 9.47 Å². The molecule has 0 spiro atoms. The lowest BCUT2D eigenvalue weighted by Gasteiger charge is -1.99. The minimum atomic E-state index is -0.438. The summed E-state index contributed by atoms with van der Waals surface area (Å²) < 4.78 is 10.4. The summed E-state index contributed by atoms with van der Waals surface area (Å²) >= 11 is 0. The number of carbonyl (C=O) groups is 1. The van der Waals surface area contributed by atoms with Crippen molar-refractivity contribution in [2.75, 3.05) is 7.11 Å². The Bertz CT molecular complexity index is 773. The highest BCUT2D eigenvalue weighted by molar-refractivity contribution is 6.12. The molecular formula is C18H15NO3. The molecule has 0 bridgehead atoms. The lowest BCUT2D eigenvalue weighted by atomic mass is 10.1. The van der Waals surface area contributed by atoms with Crippen LogP contribution in [0.3, 0.4) is 0 Å². The zero-order valence-electron chi connectivity index (χ0n) is 12.4. The molecule has 1 heterocycles. The van der Waals surface area contributed by atoms with E-state index in [4.69, 9.17) is 9.47 Å². The zero-order valence-corrected chi connectivity index (χ0v) is 12.4. The fourth-order valence-electron chi connectivity index (χ4n) is 2.17. The van der Waals surface area contributed by atoms with E-state index in [2.05, 4.69) is 4.99 Å². The van der Waals surface area contributed by atoms with Crippen molar-refractivity contribution in [1.82, 2.24) is 0 Å². The first-order chi connectivity index (χ1) is 10.7. The van der Waals surface area contributed by atoms with Crippen molar-refractivity contribution < 1.29 is 14.3 Å². The number of nitrogens with zero attached hydrogens (tertiary/aromatic N) is 1. The molecule has 3 rings (SSSR count). The van der Waals surface area contributed by atoms with E-state index >= 15 is 0 Å². The van der Waals surface area contributed by atoms with E-state index in [1.807, 2.05) is 55.5 Å². The fourth-order valence-corrected chi connectivity index (χ4v) is 2.17. The number of rotatable bonds is 3. The van der Waals surface area contributed by atoms with Crippen LogP contribution in [0, 0.1) is 6.92 Å². The van der Waals surface area contributed by atoms with Gasteiger partial charge in [0.1, 0.15) is 5.75 Å². The van der Waals surface area contributed by atoms with Crippen LogP contribution in [-0.4, -0.2) is 19.0 Å². The van der Waals surface area contributed by atoms with E-state index in [9.17, 15) is 4.79 Å². The highest BCUT2D eigenvalue weighted by atomic mass is 16.6. The van der Waals surface area contributed by atoms with E-state index < -0.39 is 5.97 Å². The molecule has 0 aromatic heterocycles. The number of carbonyl (C=O) groups excluding carboxylic acids is 1. The molecule has 0 fully saturated rings. The molecule has 4 nitrogen and oxygen atoms in total. The molecule has 0 atom stereocenters. The van der Waals surface area contributed by atoms with Gasteiger partial charge in [0, 0.05) is 5.56 Å². The van der Waals surface area contributed by atoms with Crippen LogP contribution >= 0.6 is 0 Å². The van der Waals surface area contributed by atoms with Gasteiger partial charge in [-0.3, -0.25) is 0 Å². The summed E-state index contributed by atoms with van der Waals surface area (Å²) in [4.78, 5) is 16.2. The largest absolute Gasteiger partial charge is 0.497 e. The van der Waals surface area contributed by atoms with Gasteiger partial charge in [-0.2, -0.15) is 0 Å². The van der Waals surface area contributed by atoms with Crippen molar-refractivity contribution in [2.45, 2.75) is 6.92 Å². The topological polar surface area (TPSA) is 47.9 Å². The minimum absolute atomic E-state index is 0.293. The smallest absolute Gasteiger partial charge is 0.363 e. The normalized spacial score (nSPS) is 15.6. The maximum Gasteiger partial charge on any atom is 0.363 e. The molecule has 2 aromatic rings. The Hall–Kier alpha value is -2.88. The zero-order chi connectivity index (χ0) is 15.5. The monoisotopic (exact) mass is 293 g/mol. The fraction of sp³-hybridized carbons (Fsp3) is 0.111. The van der Waals surface area contributed by atoms with Crippen molar-refractivity contribution in [3.8, 4) is 5.75 Å². The third-order valence-corrected chi connectivity index (χ3v) is 3.30. The van der Waals surface area contributed by atoms with Crippen molar-refractivity contribution >= 4 is 17.9 Å². The van der Waals surface area contributed by atoms with Crippen molar-refractivity contribution in [3.05, 3.63) is 70.9 Å². The molecule has 0 amide bonds. The van der Waals surface area contributed by atoms with Crippen molar-refractivity contribution in [3.63, 3.8) is 0 Å². The molecule has 110 valence electrons. The van der Waals surface area contributed by atoms with Crippen LogP contribution in [0.4, 0.5) is 0 Å². The lowest BCUT2D eigenvalue weighted by molar-refractivity contribution is -0.129. The summed E-state index contributed by atoms with van der Waals surface area (Å²) in [6.07, 6.45) is 1.70. The molecule has 0 unspecified atom stereocenters. The summed E-state index contributed by atoms with van der Waals surface area (Å²) in [5.41, 5.74) is 3.04. The number of methoxy groups -OCH3 is 1. The molecule has 0 saturated carbocycles. The molecule has 0 N–H and O–H groups in total. The summed E-state index contributed by atoms with van der Waals surface area (Å²) in [7, 11) is 1.61. The summed E-state index contributed by atoms with van der Waals surface area (Å²) in [5, 5.41) is 0. The van der Waals surface area contributed by atoms with Crippen LogP contribution in [0.25, 0.3) is 6.08 Å². The summed E-state index contributed by atoms with van der Waals surface area (Å²) in [6, 6.07) is 15.1. The molecular weight excluding hydrogens is 278 g/mol. The number of ether oxygens (including phenoxy) is 2. The van der Waals surface area contributed by atoms with Crippen molar-refractivity contribution in [1.29, 1.82) is 0 Å². The molecule has 2 aromatic carbocycles. The average Bonchev–Trinajstić information content (AvgIpc) is 2.89. The van der Waals surface area contributed by atoms with Gasteiger partial charge in [0.25, 0.3) is 0 Å². The Labute approximate surface area is 128 Å². The third-order valence-electron chi connectivity index (χ3n) is 3.30. The number of hydrogen-bond donors (Lipinski definition) is 0. The second-order valence-corrected chi connectivity index (χ2v) is 4.98. The van der Waals surface area contributed by atoms with Gasteiger partial charge in [0.2, 0.25) is 5.90 Å². The van der Waals surface area contributed by atoms with Gasteiger partial charge in [-0.1, -0.05) is 29.8 Å². The highest BCUT2D eigenvalue weighted by Crippen LogP contribution is 2.20. The first kappa shape index (κ1) is 14.1. The van der Waals surface area contributed by atoms with Crippen LogP contribution in [0.2, 0.25) is 0 Å². The Kier molecular flexibility index (Phi) is 3.74. The number of hydrogen-bond acceptors (Lipinski definition) is 4. The quantitative estimate of drug-likeness (QED) is 0.644. The van der Waals surface area contributed by atoms with E-state index in [-0.39, 0.29) is 0 Å². The Balaban J connectivity index is 1.90. The molecule has 0 radical (unpaired) electrons. The first-order valence-corrected chi connectivity index (χ1v) is 6.89. The van der Waals surface area contributed by atoms with Gasteiger partial charge in [-0.25, -0.2) is 9.79 Å². The predicted octanol–water partition coefficient (Wildman–Crippen LogP) is 3.35. The molecule has 22 heavy (non-hydrogen) atoms. The van der Waals surface area contributed by atoms with E-state index in [0.29, 0.717) is 11.6 Å². The standard InChI is InChI=1S/C18H15NO3/c1-12-4-3-5-14(10-12)17-19-16(18(20)22-17)11-13-6-8-15(21-2)9-7-13/h3-11H,1-2H3. The van der Waals surface area contributed by atoms with Gasteiger partial charge in [-0.15, -0.1) is 0 Å². The van der Waals surface area contributed by atoms with Gasteiger partial charge in [-0.05, 0) is 42.8 Å². The number of aliphatic imine (C=N–C) groups is 1. The van der Waals surface area contributed by atoms with Crippen molar-refractivity contribution in [2.24, 2.45) is 4.99 Å². The maximum atomic E-state index is 11.9. The van der Waals surface area contributed by atoms with Crippen LogP contribution in [0.1, 0.15) is 16.7 Å². The number of aryl methyl sites for hydroxylation is 1. The van der Waals surface area contributed by atoms with Crippen LogP contribution in [0.15, 0.2) is 59.2 Å². The minimum Gasteiger partial charge on any atom is -0.497 e. The van der Waals surface area contributed by atoms with Gasteiger partial charge in [0.05, 0.1) is 7.11 Å². The van der Waals surface area contributed by atoms with Crippen LogP contribution < -0.4 is 4.74 Å². The van der Waals surface area contributed by atoms with Gasteiger partial charge >= 0.3 is 5.97 Å². The summed E-state index contributed by atoms with van der Waals surface area (Å²) in [6.45, 7) is 1.98. The van der Waals surface area contributed by atoms with Gasteiger partial charge in [0.15, 0.2) is 5.70 Å². The molecule has 4 heteroatoms. The highest BCUT2D eigenvalue weighted by Gasteiger charge is 2.24. The number of benzene rings is 2. The molecule has 0 saturated heterocycles. The molecule has 1 aliphatic rings. The molecule has 1 aliphatic heterocycles. The first-order valence-electron chi connectivity index (χ1n) is 6.89. The summed E-state index contributed by atoms with van der Waals surface area (Å²) in [5.74, 6) is 0.667. The second kappa shape index (κ2) is 5.85. The average molecular weight is 293 g/mol. The van der Waals surface area contributed by atoms with E-state index in [1.165, 1.54) is 0 Å². The third kappa shape index (κ3) is 2.91. The Morgan fingerprint density at radius 2 is 1.91 bits per heavy atom. The van der Waals surface area contributed by atoms with E-state index in [1.54, 1.807) is 13.2 Å².